The van der Waals surface area contributed by atoms with Crippen molar-refractivity contribution in [3.05, 3.63) is 219 Å². The molecule has 3 aromatic heterocycles. The fourth-order valence-corrected chi connectivity index (χ4v) is 10.1. The van der Waals surface area contributed by atoms with Crippen molar-refractivity contribution in [3.8, 4) is 33.6 Å². The van der Waals surface area contributed by atoms with Gasteiger partial charge in [-0.2, -0.15) is 0 Å². The Bertz CT molecular complexity index is 3700. The summed E-state index contributed by atoms with van der Waals surface area (Å²) in [6.07, 6.45) is 7.98. The fourth-order valence-electron chi connectivity index (χ4n) is 10.1. The van der Waals surface area contributed by atoms with Gasteiger partial charge in [-0.15, -0.1) is 0 Å². The molecular weight excluding hydrogens is 753 g/mol. The fraction of sp³-hybridized carbons (Fsp3) is 0. The van der Waals surface area contributed by atoms with E-state index in [1.165, 1.54) is 32.7 Å². The first-order chi connectivity index (χ1) is 30.8. The molecule has 0 aliphatic heterocycles. The quantitative estimate of drug-likeness (QED) is 0.167. The van der Waals surface area contributed by atoms with Gasteiger partial charge in [-0.1, -0.05) is 121 Å². The lowest BCUT2D eigenvalue weighted by atomic mass is 9.92. The first-order valence-corrected chi connectivity index (χ1v) is 21.1. The SMILES string of the molecule is c1ccc(-n2c3cc(-c4cccc5ccccc45)cc4c5cnccc5c(cc43)n(-c3ccccc3)c3cc(-c4cccc5ccccc45)cc4c5cnccc5c2cc43)cc1. The topological polar surface area (TPSA) is 35.6 Å². The maximum absolute atomic E-state index is 4.83. The van der Waals surface area contributed by atoms with Crippen LogP contribution in [0.25, 0.3) is 120 Å². The molecule has 0 unspecified atom stereocenters. The van der Waals surface area contributed by atoms with Gasteiger partial charge in [0.25, 0.3) is 0 Å². The maximum atomic E-state index is 4.83. The van der Waals surface area contributed by atoms with Gasteiger partial charge in [0.1, 0.15) is 0 Å². The Morgan fingerprint density at radius 2 is 0.677 bits per heavy atom. The number of aromatic nitrogens is 4. The second kappa shape index (κ2) is 13.6. The predicted molar refractivity (Wildman–Crippen MR) is 260 cm³/mol. The van der Waals surface area contributed by atoms with Gasteiger partial charge in [-0.25, -0.2) is 0 Å². The Balaban J connectivity index is 1.34. The number of pyridine rings is 2. The molecule has 0 aliphatic rings. The van der Waals surface area contributed by atoms with Crippen LogP contribution in [0.2, 0.25) is 0 Å². The van der Waals surface area contributed by atoms with E-state index in [0.29, 0.717) is 0 Å². The van der Waals surface area contributed by atoms with Crippen LogP contribution in [0.4, 0.5) is 0 Å². The Labute approximate surface area is 356 Å². The largest absolute Gasteiger partial charge is 0.309 e. The number of rotatable bonds is 4. The number of hydrogen-bond donors (Lipinski definition) is 0. The average molecular weight is 789 g/mol. The molecule has 288 valence electrons. The zero-order valence-corrected chi connectivity index (χ0v) is 33.6. The van der Waals surface area contributed by atoms with Crippen LogP contribution in [0.3, 0.4) is 0 Å². The molecule has 8 bridgehead atoms. The highest BCUT2D eigenvalue weighted by molar-refractivity contribution is 6.24. The van der Waals surface area contributed by atoms with Crippen LogP contribution in [-0.4, -0.2) is 19.1 Å². The zero-order chi connectivity index (χ0) is 40.7. The molecule has 0 atom stereocenters. The Morgan fingerprint density at radius 3 is 1.15 bits per heavy atom. The smallest absolute Gasteiger partial charge is 0.0548 e. The maximum Gasteiger partial charge on any atom is 0.0548 e. The van der Waals surface area contributed by atoms with Crippen LogP contribution in [0.1, 0.15) is 0 Å². The highest BCUT2D eigenvalue weighted by atomic mass is 15.0. The van der Waals surface area contributed by atoms with Crippen LogP contribution in [0.5, 0.6) is 0 Å². The number of hydrogen-bond acceptors (Lipinski definition) is 2. The van der Waals surface area contributed by atoms with Gasteiger partial charge in [0.2, 0.25) is 0 Å². The summed E-state index contributed by atoms with van der Waals surface area (Å²) < 4.78 is 4.95. The molecule has 13 rings (SSSR count). The molecule has 4 nitrogen and oxygen atoms in total. The average Bonchev–Trinajstić information content (AvgIpc) is 3.34. The molecule has 0 radical (unpaired) electrons. The normalized spacial score (nSPS) is 11.9. The monoisotopic (exact) mass is 788 g/mol. The second-order valence-electron chi connectivity index (χ2n) is 16.2. The lowest BCUT2D eigenvalue weighted by Crippen LogP contribution is -2.04. The molecule has 0 fully saturated rings. The van der Waals surface area contributed by atoms with Gasteiger partial charge in [0, 0.05) is 68.5 Å². The third-order valence-corrected chi connectivity index (χ3v) is 12.8. The first kappa shape index (κ1) is 34.5. The van der Waals surface area contributed by atoms with Gasteiger partial charge in [0.05, 0.1) is 22.1 Å². The molecule has 0 N–H and O–H groups in total. The number of para-hydroxylation sites is 2. The summed E-state index contributed by atoms with van der Waals surface area (Å²) in [5.41, 5.74) is 11.2. The Hall–Kier alpha value is -8.34. The van der Waals surface area contributed by atoms with E-state index < -0.39 is 0 Å². The predicted octanol–water partition coefficient (Wildman–Crippen LogP) is 15.2. The molecule has 13 aromatic rings. The van der Waals surface area contributed by atoms with Crippen molar-refractivity contribution in [1.82, 2.24) is 19.1 Å². The Kier molecular flexibility index (Phi) is 7.57. The minimum Gasteiger partial charge on any atom is -0.309 e. The molecule has 4 heteroatoms. The van der Waals surface area contributed by atoms with Crippen molar-refractivity contribution < 1.29 is 0 Å². The summed E-state index contributed by atoms with van der Waals surface area (Å²) in [7, 11) is 0. The molecule has 0 aliphatic carbocycles. The minimum absolute atomic E-state index is 1.07. The summed E-state index contributed by atoms with van der Waals surface area (Å²) in [6.45, 7) is 0. The van der Waals surface area contributed by atoms with E-state index >= 15 is 0 Å². The van der Waals surface area contributed by atoms with Crippen molar-refractivity contribution in [3.63, 3.8) is 0 Å². The van der Waals surface area contributed by atoms with E-state index in [9.17, 15) is 0 Å². The van der Waals surface area contributed by atoms with Crippen LogP contribution in [0.15, 0.2) is 219 Å². The third-order valence-electron chi connectivity index (χ3n) is 12.8. The van der Waals surface area contributed by atoms with Crippen LogP contribution in [-0.2, 0) is 0 Å². The van der Waals surface area contributed by atoms with Gasteiger partial charge in [-0.05, 0) is 127 Å². The summed E-state index contributed by atoms with van der Waals surface area (Å²) >= 11 is 0. The number of fused-ring (bicyclic) bond motifs is 2. The van der Waals surface area contributed by atoms with E-state index in [-0.39, 0.29) is 0 Å². The van der Waals surface area contributed by atoms with E-state index in [0.717, 1.165) is 87.7 Å². The van der Waals surface area contributed by atoms with Gasteiger partial charge < -0.3 is 9.13 Å². The van der Waals surface area contributed by atoms with Crippen LogP contribution in [0, 0.1) is 0 Å². The summed E-state index contributed by atoms with van der Waals surface area (Å²) in [5, 5.41) is 13.8. The van der Waals surface area contributed by atoms with E-state index in [4.69, 9.17) is 9.97 Å². The van der Waals surface area contributed by atoms with Crippen molar-refractivity contribution in [2.24, 2.45) is 0 Å². The third kappa shape index (κ3) is 5.20. The highest BCUT2D eigenvalue weighted by Gasteiger charge is 2.20. The molecule has 0 spiro atoms. The highest BCUT2D eigenvalue weighted by Crippen LogP contribution is 2.43. The lowest BCUT2D eigenvalue weighted by Gasteiger charge is -2.22. The second-order valence-corrected chi connectivity index (χ2v) is 16.2. The standard InChI is InChI=1S/C58H36N4/c1-3-17-41(18-4-1)61-55-31-39(45-23-11-15-37-13-7-9-21-43(37)45)29-49-51(55)34-58(48-26-28-60-36-54(48)49)62(42-19-5-2-6-20-42)56-32-40(46-24-12-16-38-14-8-10-22-44(38)46)30-50-52(56)33-57(61)47-25-27-59-35-53(47)50/h1-36H. The van der Waals surface area contributed by atoms with Gasteiger partial charge in [0.15, 0.2) is 0 Å². The van der Waals surface area contributed by atoms with Crippen LogP contribution >= 0.6 is 0 Å². The Morgan fingerprint density at radius 1 is 0.274 bits per heavy atom. The molecule has 0 saturated heterocycles. The number of benzene rings is 10. The molecule has 3 heterocycles. The number of nitrogens with zero attached hydrogens (tertiary/aromatic N) is 4. The molecule has 10 aromatic carbocycles. The van der Waals surface area contributed by atoms with Crippen molar-refractivity contribution in [2.75, 3.05) is 0 Å². The summed E-state index contributed by atoms with van der Waals surface area (Å²) in [6, 6.07) is 71.1. The van der Waals surface area contributed by atoms with E-state index in [1.54, 1.807) is 0 Å². The molecule has 62 heavy (non-hydrogen) atoms. The first-order valence-electron chi connectivity index (χ1n) is 21.1. The lowest BCUT2D eigenvalue weighted by molar-refractivity contribution is 1.16. The summed E-state index contributed by atoms with van der Waals surface area (Å²) in [4.78, 5) is 9.66. The van der Waals surface area contributed by atoms with Gasteiger partial charge >= 0.3 is 0 Å². The molecule has 0 saturated carbocycles. The minimum atomic E-state index is 1.07. The van der Waals surface area contributed by atoms with Crippen LogP contribution < -0.4 is 0 Å². The summed E-state index contributed by atoms with van der Waals surface area (Å²) in [5.74, 6) is 0. The molecule has 0 amide bonds. The van der Waals surface area contributed by atoms with Gasteiger partial charge in [-0.3, -0.25) is 9.97 Å². The van der Waals surface area contributed by atoms with Crippen molar-refractivity contribution in [1.29, 1.82) is 0 Å². The van der Waals surface area contributed by atoms with E-state index in [1.807, 2.05) is 12.4 Å². The van der Waals surface area contributed by atoms with Crippen molar-refractivity contribution >= 4 is 86.7 Å². The zero-order valence-electron chi connectivity index (χ0n) is 33.6. The van der Waals surface area contributed by atoms with Crippen molar-refractivity contribution in [2.45, 2.75) is 0 Å². The van der Waals surface area contributed by atoms with E-state index in [2.05, 4.69) is 216 Å². The molecular formula is C58H36N4.